The van der Waals surface area contributed by atoms with Crippen LogP contribution in [0, 0.1) is 0 Å². The summed E-state index contributed by atoms with van der Waals surface area (Å²) in [6.45, 7) is 1.98. The van der Waals surface area contributed by atoms with Gasteiger partial charge in [0.1, 0.15) is 5.88 Å². The fourth-order valence-corrected chi connectivity index (χ4v) is 0.927. The van der Waals surface area contributed by atoms with Crippen molar-refractivity contribution in [2.75, 3.05) is 19.0 Å². The summed E-state index contributed by atoms with van der Waals surface area (Å²) in [7, 11) is 0. The van der Waals surface area contributed by atoms with E-state index in [1.807, 2.05) is 4.90 Å². The summed E-state index contributed by atoms with van der Waals surface area (Å²) in [5.74, 6) is 0.333. The summed E-state index contributed by atoms with van der Waals surface area (Å²) in [6, 6.07) is 0. The van der Waals surface area contributed by atoms with Gasteiger partial charge in [0.15, 0.2) is 11.1 Å². The maximum absolute atomic E-state index is 9.92. The zero-order valence-electron chi connectivity index (χ0n) is 3.83. The van der Waals surface area contributed by atoms with E-state index in [1.165, 1.54) is 0 Å². The molecule has 0 aromatic heterocycles. The molecular weight excluding hydrogens is 114 g/mol. The van der Waals surface area contributed by atoms with Crippen molar-refractivity contribution in [3.8, 4) is 0 Å². The van der Waals surface area contributed by atoms with Crippen molar-refractivity contribution in [3.63, 3.8) is 0 Å². The normalized spacial score (nSPS) is 24.7. The summed E-state index contributed by atoms with van der Waals surface area (Å²) in [5, 5.41) is 0. The van der Waals surface area contributed by atoms with Crippen molar-refractivity contribution in [2.45, 2.75) is 0 Å². The summed E-state index contributed by atoms with van der Waals surface area (Å²) in [5.41, 5.74) is 0. The molecule has 0 saturated carbocycles. The van der Waals surface area contributed by atoms with Gasteiger partial charge in [-0.3, -0.25) is 4.90 Å². The van der Waals surface area contributed by atoms with Crippen LogP contribution in [0.3, 0.4) is 0 Å². The van der Waals surface area contributed by atoms with Gasteiger partial charge in [0.2, 0.25) is 0 Å². The van der Waals surface area contributed by atoms with Crippen molar-refractivity contribution in [3.05, 3.63) is 0 Å². The molecule has 1 heterocycles. The first-order valence-electron chi connectivity index (χ1n) is 2.09. The Morgan fingerprint density at radius 3 is 2.43 bits per heavy atom. The van der Waals surface area contributed by atoms with Crippen LogP contribution in [0.25, 0.3) is 0 Å². The molecular formula is C3H7NO2S. The van der Waals surface area contributed by atoms with Gasteiger partial charge in [-0.1, -0.05) is 0 Å². The molecule has 1 aliphatic rings. The van der Waals surface area contributed by atoms with E-state index in [9.17, 15) is 4.21 Å². The monoisotopic (exact) mass is 121 g/mol. The lowest BCUT2D eigenvalue weighted by Crippen LogP contribution is -2.04. The minimum absolute atomic E-state index is 0.333. The standard InChI is InChI=1S/C3H7NO2S/c5-7(6)3-4-1-2-4/h1-3H2,(H,5,6). The average Bonchev–Trinajstić information content (AvgIpc) is 2.17. The van der Waals surface area contributed by atoms with E-state index in [0.29, 0.717) is 5.88 Å². The smallest absolute Gasteiger partial charge is 0.167 e. The molecule has 42 valence electrons. The molecule has 4 heteroatoms. The van der Waals surface area contributed by atoms with Crippen LogP contribution in [0.4, 0.5) is 0 Å². The average molecular weight is 121 g/mol. The lowest BCUT2D eigenvalue weighted by atomic mass is 11.0. The van der Waals surface area contributed by atoms with Crippen LogP contribution in [-0.4, -0.2) is 32.6 Å². The molecule has 0 radical (unpaired) electrons. The minimum Gasteiger partial charge on any atom is -0.305 e. The molecule has 7 heavy (non-hydrogen) atoms. The predicted molar refractivity (Wildman–Crippen MR) is 27.2 cm³/mol. The molecule has 0 amide bonds. The topological polar surface area (TPSA) is 40.3 Å². The molecule has 1 saturated heterocycles. The molecule has 1 unspecified atom stereocenters. The molecule has 1 fully saturated rings. The summed E-state index contributed by atoms with van der Waals surface area (Å²) < 4.78 is 18.1. The summed E-state index contributed by atoms with van der Waals surface area (Å²) >= 11 is -1.61. The van der Waals surface area contributed by atoms with Gasteiger partial charge in [-0.25, -0.2) is 4.21 Å². The fraction of sp³-hybridized carbons (Fsp3) is 1.00. The second kappa shape index (κ2) is 1.90. The Labute approximate surface area is 44.6 Å². The van der Waals surface area contributed by atoms with Gasteiger partial charge in [0.25, 0.3) is 0 Å². The number of rotatable bonds is 2. The van der Waals surface area contributed by atoms with Crippen LogP contribution in [0.15, 0.2) is 0 Å². The van der Waals surface area contributed by atoms with Crippen molar-refractivity contribution >= 4 is 11.1 Å². The van der Waals surface area contributed by atoms with E-state index >= 15 is 0 Å². The van der Waals surface area contributed by atoms with E-state index in [-0.39, 0.29) is 0 Å². The molecule has 0 aromatic carbocycles. The van der Waals surface area contributed by atoms with Crippen LogP contribution < -0.4 is 0 Å². The Kier molecular flexibility index (Phi) is 1.41. The highest BCUT2D eigenvalue weighted by Crippen LogP contribution is 2.01. The zero-order chi connectivity index (χ0) is 5.28. The Morgan fingerprint density at radius 1 is 1.71 bits per heavy atom. The van der Waals surface area contributed by atoms with Gasteiger partial charge in [0.05, 0.1) is 0 Å². The highest BCUT2D eigenvalue weighted by atomic mass is 32.2. The molecule has 0 spiro atoms. The summed E-state index contributed by atoms with van der Waals surface area (Å²) in [4.78, 5) is 1.90. The number of hydrogen-bond donors (Lipinski definition) is 1. The first-order chi connectivity index (χ1) is 3.29. The quantitative estimate of drug-likeness (QED) is 0.395. The van der Waals surface area contributed by atoms with E-state index in [2.05, 4.69) is 0 Å². The number of nitrogens with zero attached hydrogens (tertiary/aromatic N) is 1. The highest BCUT2D eigenvalue weighted by molar-refractivity contribution is 7.79. The lowest BCUT2D eigenvalue weighted by Gasteiger charge is -1.89. The zero-order valence-corrected chi connectivity index (χ0v) is 4.65. The van der Waals surface area contributed by atoms with Gasteiger partial charge in [0, 0.05) is 13.1 Å². The second-order valence-electron chi connectivity index (χ2n) is 1.57. The minimum atomic E-state index is -1.61. The fourth-order valence-electron chi connectivity index (χ4n) is 0.356. The maximum atomic E-state index is 9.92. The van der Waals surface area contributed by atoms with Crippen molar-refractivity contribution in [1.29, 1.82) is 0 Å². The molecule has 1 atom stereocenters. The van der Waals surface area contributed by atoms with Crippen molar-refractivity contribution in [2.24, 2.45) is 0 Å². The maximum Gasteiger partial charge on any atom is 0.167 e. The lowest BCUT2D eigenvalue weighted by molar-refractivity contribution is 0.535. The van der Waals surface area contributed by atoms with E-state index < -0.39 is 11.1 Å². The second-order valence-corrected chi connectivity index (χ2v) is 2.47. The third-order valence-corrected chi connectivity index (χ3v) is 1.42. The molecule has 0 aliphatic carbocycles. The van der Waals surface area contributed by atoms with Crippen LogP contribution >= 0.6 is 0 Å². The van der Waals surface area contributed by atoms with E-state index in [1.54, 1.807) is 0 Å². The highest BCUT2D eigenvalue weighted by Gasteiger charge is 2.18. The van der Waals surface area contributed by atoms with Crippen LogP contribution in [-0.2, 0) is 11.1 Å². The Hall–Kier alpha value is 0.0700. The molecule has 0 aromatic rings. The Bertz CT molecular complexity index is 90.9. The van der Waals surface area contributed by atoms with E-state index in [4.69, 9.17) is 4.55 Å². The summed E-state index contributed by atoms with van der Waals surface area (Å²) in [6.07, 6.45) is 0. The SMILES string of the molecule is O=S(O)CN1CC1. The van der Waals surface area contributed by atoms with Gasteiger partial charge in [-0.05, 0) is 0 Å². The Balaban J connectivity index is 2.08. The predicted octanol–water partition coefficient (Wildman–Crippen LogP) is -0.519. The Morgan fingerprint density at radius 2 is 2.29 bits per heavy atom. The molecule has 1 rings (SSSR count). The van der Waals surface area contributed by atoms with Gasteiger partial charge in [-0.2, -0.15) is 0 Å². The van der Waals surface area contributed by atoms with Crippen LogP contribution in [0.1, 0.15) is 0 Å². The van der Waals surface area contributed by atoms with Gasteiger partial charge >= 0.3 is 0 Å². The van der Waals surface area contributed by atoms with Crippen molar-refractivity contribution < 1.29 is 8.76 Å². The third-order valence-electron chi connectivity index (χ3n) is 0.833. The first kappa shape index (κ1) is 5.21. The van der Waals surface area contributed by atoms with Crippen LogP contribution in [0.2, 0.25) is 0 Å². The van der Waals surface area contributed by atoms with Crippen molar-refractivity contribution in [1.82, 2.24) is 4.90 Å². The third kappa shape index (κ3) is 2.01. The van der Waals surface area contributed by atoms with Gasteiger partial charge in [-0.15, -0.1) is 0 Å². The van der Waals surface area contributed by atoms with E-state index in [0.717, 1.165) is 13.1 Å². The molecule has 0 bridgehead atoms. The molecule has 1 N–H and O–H groups in total. The largest absolute Gasteiger partial charge is 0.305 e. The first-order valence-corrected chi connectivity index (χ1v) is 3.36. The molecule has 3 nitrogen and oxygen atoms in total. The molecule has 1 aliphatic heterocycles. The van der Waals surface area contributed by atoms with Crippen LogP contribution in [0.5, 0.6) is 0 Å². The van der Waals surface area contributed by atoms with Gasteiger partial charge < -0.3 is 4.55 Å². The number of hydrogen-bond acceptors (Lipinski definition) is 2.